The molecule has 1 spiro atoms. The first-order valence-electron chi connectivity index (χ1n) is 8.30. The van der Waals surface area contributed by atoms with E-state index in [9.17, 15) is 13.2 Å². The molecule has 0 aromatic heterocycles. The van der Waals surface area contributed by atoms with Gasteiger partial charge in [0, 0.05) is 5.56 Å². The summed E-state index contributed by atoms with van der Waals surface area (Å²) in [5, 5.41) is 0. The molecule has 2 aromatic carbocycles. The van der Waals surface area contributed by atoms with Gasteiger partial charge in [0.05, 0.1) is 0 Å². The third-order valence-electron chi connectivity index (χ3n) is 5.64. The summed E-state index contributed by atoms with van der Waals surface area (Å²) in [6.07, 6.45) is 4.12. The summed E-state index contributed by atoms with van der Waals surface area (Å²) in [6.45, 7) is 5.49. The third kappa shape index (κ3) is 2.29. The van der Waals surface area contributed by atoms with Crippen molar-refractivity contribution in [1.29, 1.82) is 0 Å². The molecule has 2 aromatic rings. The van der Waals surface area contributed by atoms with Crippen molar-refractivity contribution in [3.8, 4) is 11.1 Å². The van der Waals surface area contributed by atoms with Gasteiger partial charge in [-0.25, -0.2) is 13.2 Å². The second-order valence-electron chi connectivity index (χ2n) is 7.50. The lowest BCUT2D eigenvalue weighted by Gasteiger charge is -2.55. The topological polar surface area (TPSA) is 0 Å². The zero-order chi connectivity index (χ0) is 17.1. The molecule has 0 N–H and O–H groups in total. The van der Waals surface area contributed by atoms with Crippen LogP contribution < -0.4 is 0 Å². The monoisotopic (exact) mass is 328 g/mol. The third-order valence-corrected chi connectivity index (χ3v) is 5.64. The van der Waals surface area contributed by atoms with Crippen LogP contribution >= 0.6 is 0 Å². The smallest absolute Gasteiger partial charge is 0.166 e. The predicted molar refractivity (Wildman–Crippen MR) is 89.3 cm³/mol. The van der Waals surface area contributed by atoms with Crippen LogP contribution in [0.25, 0.3) is 11.1 Å². The minimum Gasteiger partial charge on any atom is -0.207 e. The zero-order valence-corrected chi connectivity index (χ0v) is 13.6. The zero-order valence-electron chi connectivity index (χ0n) is 13.6. The number of rotatable bonds is 2. The first-order valence-corrected chi connectivity index (χ1v) is 8.30. The van der Waals surface area contributed by atoms with Crippen LogP contribution in [-0.2, 0) is 0 Å². The highest BCUT2D eigenvalue weighted by molar-refractivity contribution is 5.65. The maximum absolute atomic E-state index is 14.5. The van der Waals surface area contributed by atoms with E-state index in [4.69, 9.17) is 0 Å². The SMILES string of the molecule is C=C1CC2(C1)CC(c1ccc(-c3ccc(C)c(F)c3F)cc1F)C2. The van der Waals surface area contributed by atoms with Gasteiger partial charge in [-0.3, -0.25) is 0 Å². The highest BCUT2D eigenvalue weighted by Gasteiger charge is 2.50. The summed E-state index contributed by atoms with van der Waals surface area (Å²) < 4.78 is 42.4. The van der Waals surface area contributed by atoms with Gasteiger partial charge in [-0.05, 0) is 66.7 Å². The summed E-state index contributed by atoms with van der Waals surface area (Å²) in [5.41, 5.74) is 3.06. The second kappa shape index (κ2) is 5.23. The van der Waals surface area contributed by atoms with Gasteiger partial charge in [-0.15, -0.1) is 0 Å². The Balaban J connectivity index is 1.59. The molecular weight excluding hydrogens is 309 g/mol. The van der Waals surface area contributed by atoms with Crippen molar-refractivity contribution >= 4 is 0 Å². The molecule has 0 amide bonds. The van der Waals surface area contributed by atoms with Crippen molar-refractivity contribution < 1.29 is 13.2 Å². The number of aryl methyl sites for hydroxylation is 1. The summed E-state index contributed by atoms with van der Waals surface area (Å²) in [6, 6.07) is 7.76. The molecule has 0 unspecified atom stereocenters. The lowest BCUT2D eigenvalue weighted by molar-refractivity contribution is 0.0526. The lowest BCUT2D eigenvalue weighted by atomic mass is 9.49. The standard InChI is InChI=1S/C21H19F3/c1-12-8-21(9-12)10-15(11-21)16-6-4-14(7-18(16)22)17-5-3-13(2)19(23)20(17)24/h3-7,15H,1,8-11H2,2H3. The fourth-order valence-electron chi connectivity index (χ4n) is 4.40. The molecule has 2 aliphatic carbocycles. The second-order valence-corrected chi connectivity index (χ2v) is 7.50. The minimum atomic E-state index is -0.919. The van der Waals surface area contributed by atoms with Gasteiger partial charge < -0.3 is 0 Å². The molecule has 2 fully saturated rings. The quantitative estimate of drug-likeness (QED) is 0.568. The lowest BCUT2D eigenvalue weighted by Crippen LogP contribution is -2.42. The van der Waals surface area contributed by atoms with Crippen LogP contribution in [0.3, 0.4) is 0 Å². The van der Waals surface area contributed by atoms with E-state index in [2.05, 4.69) is 6.58 Å². The molecule has 0 saturated heterocycles. The van der Waals surface area contributed by atoms with E-state index in [0.717, 1.165) is 25.7 Å². The Labute approximate surface area is 140 Å². The molecule has 24 heavy (non-hydrogen) atoms. The van der Waals surface area contributed by atoms with Crippen molar-refractivity contribution in [2.75, 3.05) is 0 Å². The molecule has 0 atom stereocenters. The molecule has 0 heterocycles. The highest BCUT2D eigenvalue weighted by atomic mass is 19.2. The van der Waals surface area contributed by atoms with Gasteiger partial charge in [0.2, 0.25) is 0 Å². The first-order chi connectivity index (χ1) is 11.4. The van der Waals surface area contributed by atoms with Crippen LogP contribution in [0, 0.1) is 29.8 Å². The van der Waals surface area contributed by atoms with Crippen LogP contribution in [0.1, 0.15) is 42.7 Å². The highest BCUT2D eigenvalue weighted by Crippen LogP contribution is 2.63. The van der Waals surface area contributed by atoms with E-state index in [0.29, 0.717) is 16.5 Å². The van der Waals surface area contributed by atoms with Crippen molar-refractivity contribution in [1.82, 2.24) is 0 Å². The van der Waals surface area contributed by atoms with Crippen molar-refractivity contribution in [2.24, 2.45) is 5.41 Å². The molecule has 3 heteroatoms. The van der Waals surface area contributed by atoms with Gasteiger partial charge in [0.1, 0.15) is 5.82 Å². The Bertz CT molecular complexity index is 834. The summed E-state index contributed by atoms with van der Waals surface area (Å²) >= 11 is 0. The minimum absolute atomic E-state index is 0.101. The first kappa shape index (κ1) is 15.5. The van der Waals surface area contributed by atoms with E-state index >= 15 is 0 Å². The maximum atomic E-state index is 14.5. The molecule has 2 saturated carbocycles. The Morgan fingerprint density at radius 3 is 2.33 bits per heavy atom. The average molecular weight is 328 g/mol. The molecule has 0 bridgehead atoms. The summed E-state index contributed by atoms with van der Waals surface area (Å²) in [7, 11) is 0. The average Bonchev–Trinajstić information content (AvgIpc) is 2.48. The molecule has 4 rings (SSSR count). The van der Waals surface area contributed by atoms with Gasteiger partial charge in [-0.1, -0.05) is 36.4 Å². The van der Waals surface area contributed by atoms with Gasteiger partial charge >= 0.3 is 0 Å². The molecule has 0 radical (unpaired) electrons. The Morgan fingerprint density at radius 1 is 1.00 bits per heavy atom. The molecule has 0 aliphatic heterocycles. The van der Waals surface area contributed by atoms with E-state index in [1.54, 1.807) is 12.1 Å². The van der Waals surface area contributed by atoms with E-state index in [1.165, 1.54) is 30.7 Å². The fraction of sp³-hybridized carbons (Fsp3) is 0.333. The molecular formula is C21H19F3. The largest absolute Gasteiger partial charge is 0.207 e. The number of hydrogen-bond donors (Lipinski definition) is 0. The predicted octanol–water partition coefficient (Wildman–Crippen LogP) is 6.29. The van der Waals surface area contributed by atoms with Gasteiger partial charge in [0.25, 0.3) is 0 Å². The van der Waals surface area contributed by atoms with Crippen molar-refractivity contribution in [2.45, 2.75) is 38.5 Å². The number of hydrogen-bond acceptors (Lipinski definition) is 0. The maximum Gasteiger partial charge on any atom is 0.166 e. The van der Waals surface area contributed by atoms with Crippen LogP contribution in [-0.4, -0.2) is 0 Å². The number of halogens is 3. The Hall–Kier alpha value is -2.03. The van der Waals surface area contributed by atoms with Crippen molar-refractivity contribution in [3.63, 3.8) is 0 Å². The fourth-order valence-corrected chi connectivity index (χ4v) is 4.40. The normalized spacial score (nSPS) is 19.2. The summed E-state index contributed by atoms with van der Waals surface area (Å²) in [4.78, 5) is 0. The number of allylic oxidation sites excluding steroid dienone is 1. The van der Waals surface area contributed by atoms with Crippen LogP contribution in [0.4, 0.5) is 13.2 Å². The summed E-state index contributed by atoms with van der Waals surface area (Å²) in [5.74, 6) is -1.89. The van der Waals surface area contributed by atoms with Gasteiger partial charge in [0.15, 0.2) is 11.6 Å². The Kier molecular flexibility index (Phi) is 3.38. The van der Waals surface area contributed by atoms with E-state index < -0.39 is 11.6 Å². The molecule has 2 aliphatic rings. The van der Waals surface area contributed by atoms with Crippen molar-refractivity contribution in [3.05, 3.63) is 71.1 Å². The van der Waals surface area contributed by atoms with Crippen LogP contribution in [0.5, 0.6) is 0 Å². The van der Waals surface area contributed by atoms with E-state index in [1.807, 2.05) is 0 Å². The molecule has 124 valence electrons. The Morgan fingerprint density at radius 2 is 1.71 bits per heavy atom. The van der Waals surface area contributed by atoms with Crippen LogP contribution in [0.2, 0.25) is 0 Å². The van der Waals surface area contributed by atoms with Gasteiger partial charge in [-0.2, -0.15) is 0 Å². The van der Waals surface area contributed by atoms with Crippen LogP contribution in [0.15, 0.2) is 42.5 Å². The number of benzene rings is 2. The molecule has 0 nitrogen and oxygen atoms in total. The van der Waals surface area contributed by atoms with E-state index in [-0.39, 0.29) is 22.9 Å².